The molecule has 0 bridgehead atoms. The molecule has 1 amide bonds. The average Bonchev–Trinajstić information content (AvgIpc) is 2.63. The van der Waals surface area contributed by atoms with Gasteiger partial charge in [0.25, 0.3) is 0 Å². The molecule has 140 valence electrons. The molecule has 0 heterocycles. The Hall–Kier alpha value is -2.38. The molecule has 0 aromatic heterocycles. The van der Waals surface area contributed by atoms with Crippen LogP contribution in [0, 0.1) is 13.8 Å². The maximum absolute atomic E-state index is 12.6. The first kappa shape index (κ1) is 19.9. The molecular weight excluding hydrogens is 352 g/mol. The number of likely N-dealkylation sites (N-methyl/N-ethyl adjacent to an activating group) is 2. The monoisotopic (exact) mass is 376 g/mol. The number of amides is 1. The van der Waals surface area contributed by atoms with Gasteiger partial charge in [0.05, 0.1) is 18.6 Å². The molecule has 0 aliphatic rings. The van der Waals surface area contributed by atoms with Crippen LogP contribution in [0.2, 0.25) is 0 Å². The van der Waals surface area contributed by atoms with Crippen LogP contribution in [0.25, 0.3) is 0 Å². The second kappa shape index (κ2) is 7.88. The molecule has 6 nitrogen and oxygen atoms in total. The molecule has 0 spiro atoms. The molecule has 0 unspecified atom stereocenters. The zero-order chi connectivity index (χ0) is 19.5. The van der Waals surface area contributed by atoms with Gasteiger partial charge in [0.1, 0.15) is 5.75 Å². The summed E-state index contributed by atoms with van der Waals surface area (Å²) in [7, 11) is 0.785. The third kappa shape index (κ3) is 4.23. The first-order valence-electron chi connectivity index (χ1n) is 8.11. The number of ether oxygens (including phenoxy) is 1. The van der Waals surface area contributed by atoms with E-state index >= 15 is 0 Å². The van der Waals surface area contributed by atoms with Gasteiger partial charge in [-0.1, -0.05) is 6.07 Å². The van der Waals surface area contributed by atoms with E-state index in [4.69, 9.17) is 4.74 Å². The number of hydrogen-bond donors (Lipinski definition) is 0. The number of carbonyl (C=O) groups excluding carboxylic acids is 1. The first-order valence-corrected chi connectivity index (χ1v) is 9.55. The Bertz CT molecular complexity index is 892. The number of hydrogen-bond acceptors (Lipinski definition) is 4. The molecule has 2 rings (SSSR count). The molecule has 2 aromatic rings. The molecule has 0 aliphatic carbocycles. The Balaban J connectivity index is 2.14. The van der Waals surface area contributed by atoms with Gasteiger partial charge in [-0.25, -0.2) is 8.42 Å². The van der Waals surface area contributed by atoms with Crippen LogP contribution in [0.1, 0.15) is 11.1 Å². The molecule has 0 fully saturated rings. The highest BCUT2D eigenvalue weighted by atomic mass is 32.2. The van der Waals surface area contributed by atoms with E-state index in [1.807, 2.05) is 32.0 Å². The highest BCUT2D eigenvalue weighted by molar-refractivity contribution is 7.89. The fourth-order valence-electron chi connectivity index (χ4n) is 2.39. The molecule has 0 atom stereocenters. The Kier molecular flexibility index (Phi) is 6.05. The van der Waals surface area contributed by atoms with E-state index in [-0.39, 0.29) is 17.3 Å². The molecule has 0 aliphatic heterocycles. The maximum Gasteiger partial charge on any atom is 0.243 e. The van der Waals surface area contributed by atoms with Gasteiger partial charge in [-0.05, 0) is 61.4 Å². The lowest BCUT2D eigenvalue weighted by atomic mass is 10.1. The zero-order valence-electron chi connectivity index (χ0n) is 15.7. The largest absolute Gasteiger partial charge is 0.497 e. The summed E-state index contributed by atoms with van der Waals surface area (Å²) in [4.78, 5) is 14.1. The van der Waals surface area contributed by atoms with E-state index in [1.54, 1.807) is 19.2 Å². The predicted octanol–water partition coefficient (Wildman–Crippen LogP) is 2.60. The summed E-state index contributed by atoms with van der Waals surface area (Å²) in [6, 6.07) is 11.8. The molecule has 0 saturated heterocycles. The lowest BCUT2D eigenvalue weighted by molar-refractivity contribution is -0.118. The summed E-state index contributed by atoms with van der Waals surface area (Å²) in [5, 5.41) is 0. The lowest BCUT2D eigenvalue weighted by Crippen LogP contribution is -2.39. The van der Waals surface area contributed by atoms with E-state index < -0.39 is 10.0 Å². The number of anilines is 1. The van der Waals surface area contributed by atoms with Crippen molar-refractivity contribution in [1.82, 2.24) is 4.31 Å². The fourth-order valence-corrected chi connectivity index (χ4v) is 3.51. The summed E-state index contributed by atoms with van der Waals surface area (Å²) in [5.41, 5.74) is 2.93. The van der Waals surface area contributed by atoms with E-state index in [0.717, 1.165) is 21.1 Å². The van der Waals surface area contributed by atoms with Crippen LogP contribution < -0.4 is 9.64 Å². The van der Waals surface area contributed by atoms with Crippen molar-refractivity contribution < 1.29 is 17.9 Å². The standard InChI is InChI=1S/C19H24N2O4S/c1-14-6-7-16(12-15(14)2)21(4)19(22)13-20(3)26(23,24)18-10-8-17(25-5)9-11-18/h6-12H,13H2,1-5H3. The van der Waals surface area contributed by atoms with Crippen molar-refractivity contribution in [3.05, 3.63) is 53.6 Å². The van der Waals surface area contributed by atoms with E-state index in [0.29, 0.717) is 5.75 Å². The van der Waals surface area contributed by atoms with Crippen molar-refractivity contribution in [1.29, 1.82) is 0 Å². The van der Waals surface area contributed by atoms with Crippen LogP contribution in [0.4, 0.5) is 5.69 Å². The lowest BCUT2D eigenvalue weighted by Gasteiger charge is -2.22. The minimum Gasteiger partial charge on any atom is -0.497 e. The predicted molar refractivity (Wildman–Crippen MR) is 102 cm³/mol. The van der Waals surface area contributed by atoms with Crippen LogP contribution in [0.5, 0.6) is 5.75 Å². The Morgan fingerprint density at radius 2 is 1.62 bits per heavy atom. The second-order valence-electron chi connectivity index (χ2n) is 6.16. The van der Waals surface area contributed by atoms with Gasteiger partial charge in [0.15, 0.2) is 0 Å². The third-order valence-electron chi connectivity index (χ3n) is 4.38. The minimum atomic E-state index is -3.76. The number of carbonyl (C=O) groups is 1. The highest BCUT2D eigenvalue weighted by Crippen LogP contribution is 2.20. The van der Waals surface area contributed by atoms with Crippen molar-refractivity contribution >= 4 is 21.6 Å². The molecular formula is C19H24N2O4S. The quantitative estimate of drug-likeness (QED) is 0.777. The number of nitrogens with zero attached hydrogens (tertiary/aromatic N) is 2. The van der Waals surface area contributed by atoms with Crippen molar-refractivity contribution in [3.63, 3.8) is 0 Å². The van der Waals surface area contributed by atoms with E-state index in [2.05, 4.69) is 0 Å². The third-order valence-corrected chi connectivity index (χ3v) is 6.20. The number of rotatable bonds is 6. The summed E-state index contributed by atoms with van der Waals surface area (Å²) < 4.78 is 31.4. The Morgan fingerprint density at radius 3 is 2.15 bits per heavy atom. The Labute approximate surface area is 155 Å². The fraction of sp³-hybridized carbons (Fsp3) is 0.316. The molecule has 0 radical (unpaired) electrons. The normalized spacial score (nSPS) is 11.5. The summed E-state index contributed by atoms with van der Waals surface area (Å²) in [6.45, 7) is 3.71. The SMILES string of the molecule is COc1ccc(S(=O)(=O)N(C)CC(=O)N(C)c2ccc(C)c(C)c2)cc1. The average molecular weight is 376 g/mol. The van der Waals surface area contributed by atoms with Gasteiger partial charge in [-0.2, -0.15) is 4.31 Å². The van der Waals surface area contributed by atoms with Gasteiger partial charge in [0.2, 0.25) is 15.9 Å². The van der Waals surface area contributed by atoms with Crippen molar-refractivity contribution in [2.75, 3.05) is 32.6 Å². The van der Waals surface area contributed by atoms with Gasteiger partial charge in [-0.15, -0.1) is 0 Å². The van der Waals surface area contributed by atoms with Crippen molar-refractivity contribution in [2.45, 2.75) is 18.7 Å². The van der Waals surface area contributed by atoms with Gasteiger partial charge < -0.3 is 9.64 Å². The van der Waals surface area contributed by atoms with Gasteiger partial charge in [0, 0.05) is 19.8 Å². The van der Waals surface area contributed by atoms with Crippen molar-refractivity contribution in [2.24, 2.45) is 0 Å². The Morgan fingerprint density at radius 1 is 1.00 bits per heavy atom. The number of benzene rings is 2. The van der Waals surface area contributed by atoms with E-state index in [9.17, 15) is 13.2 Å². The van der Waals surface area contributed by atoms with Crippen LogP contribution in [-0.2, 0) is 14.8 Å². The van der Waals surface area contributed by atoms with Crippen LogP contribution in [0.3, 0.4) is 0 Å². The van der Waals surface area contributed by atoms with E-state index in [1.165, 1.54) is 31.2 Å². The second-order valence-corrected chi connectivity index (χ2v) is 8.20. The topological polar surface area (TPSA) is 66.9 Å². The maximum atomic E-state index is 12.6. The summed E-state index contributed by atoms with van der Waals surface area (Å²) >= 11 is 0. The molecule has 0 saturated carbocycles. The van der Waals surface area contributed by atoms with Crippen LogP contribution in [0.15, 0.2) is 47.4 Å². The van der Waals surface area contributed by atoms with Crippen LogP contribution >= 0.6 is 0 Å². The molecule has 0 N–H and O–H groups in total. The summed E-state index contributed by atoms with van der Waals surface area (Å²) in [6.07, 6.45) is 0. The van der Waals surface area contributed by atoms with Gasteiger partial charge >= 0.3 is 0 Å². The minimum absolute atomic E-state index is 0.113. The van der Waals surface area contributed by atoms with Crippen LogP contribution in [-0.4, -0.2) is 46.4 Å². The van der Waals surface area contributed by atoms with Gasteiger partial charge in [-0.3, -0.25) is 4.79 Å². The number of methoxy groups -OCH3 is 1. The molecule has 2 aromatic carbocycles. The highest BCUT2D eigenvalue weighted by Gasteiger charge is 2.24. The zero-order valence-corrected chi connectivity index (χ0v) is 16.5. The summed E-state index contributed by atoms with van der Waals surface area (Å²) in [5.74, 6) is 0.255. The smallest absolute Gasteiger partial charge is 0.243 e. The molecule has 26 heavy (non-hydrogen) atoms. The number of aryl methyl sites for hydroxylation is 2. The number of sulfonamides is 1. The van der Waals surface area contributed by atoms with Crippen molar-refractivity contribution in [3.8, 4) is 5.75 Å². The molecule has 7 heteroatoms. The first-order chi connectivity index (χ1) is 12.2.